The summed E-state index contributed by atoms with van der Waals surface area (Å²) in [5.41, 5.74) is 0.616. The molecule has 1 aliphatic rings. The molecule has 1 N–H and O–H groups in total. The van der Waals surface area contributed by atoms with Gasteiger partial charge in [0.25, 0.3) is 0 Å². The lowest BCUT2D eigenvalue weighted by Gasteiger charge is -2.23. The van der Waals surface area contributed by atoms with Crippen LogP contribution in [0.15, 0.2) is 29.2 Å². The van der Waals surface area contributed by atoms with Gasteiger partial charge in [0.15, 0.2) is 0 Å². The van der Waals surface area contributed by atoms with Crippen LogP contribution in [0.3, 0.4) is 0 Å². The van der Waals surface area contributed by atoms with Gasteiger partial charge in [-0.1, -0.05) is 12.1 Å². The largest absolute Gasteiger partial charge is 0.392 e. The van der Waals surface area contributed by atoms with Gasteiger partial charge in [-0.05, 0) is 29.9 Å². The first kappa shape index (κ1) is 13.9. The van der Waals surface area contributed by atoms with Gasteiger partial charge in [0.05, 0.1) is 11.5 Å². The quantitative estimate of drug-likeness (QED) is 0.907. The molecule has 1 atom stereocenters. The molecule has 1 fully saturated rings. The number of rotatable bonds is 4. The third kappa shape index (κ3) is 2.71. The second-order valence-corrected chi connectivity index (χ2v) is 7.49. The highest BCUT2D eigenvalue weighted by molar-refractivity contribution is 7.99. The summed E-state index contributed by atoms with van der Waals surface area (Å²) in [5, 5.41) is 9.07. The fraction of sp³-hybridized carbons (Fsp3) is 0.500. The van der Waals surface area contributed by atoms with E-state index in [9.17, 15) is 8.42 Å². The number of benzene rings is 1. The zero-order valence-electron chi connectivity index (χ0n) is 10.2. The van der Waals surface area contributed by atoms with Gasteiger partial charge in [0.2, 0.25) is 10.0 Å². The first-order chi connectivity index (χ1) is 8.55. The highest BCUT2D eigenvalue weighted by Crippen LogP contribution is 2.26. The minimum Gasteiger partial charge on any atom is -0.392 e. The van der Waals surface area contributed by atoms with Gasteiger partial charge in [0, 0.05) is 18.8 Å². The van der Waals surface area contributed by atoms with Crippen molar-refractivity contribution in [3.63, 3.8) is 0 Å². The summed E-state index contributed by atoms with van der Waals surface area (Å²) in [4.78, 5) is 0.258. The van der Waals surface area contributed by atoms with Crippen LogP contribution in [0, 0.1) is 0 Å². The molecule has 1 aromatic carbocycles. The SMILES string of the molecule is CN(C1CCSC1)S(=O)(=O)c1cccc(CO)c1. The second kappa shape index (κ2) is 5.61. The van der Waals surface area contributed by atoms with E-state index in [0.717, 1.165) is 17.9 Å². The van der Waals surface area contributed by atoms with Gasteiger partial charge < -0.3 is 5.11 Å². The van der Waals surface area contributed by atoms with Gasteiger partial charge in [-0.25, -0.2) is 8.42 Å². The van der Waals surface area contributed by atoms with Gasteiger partial charge >= 0.3 is 0 Å². The number of aliphatic hydroxyl groups excluding tert-OH is 1. The van der Waals surface area contributed by atoms with Crippen molar-refractivity contribution in [2.24, 2.45) is 0 Å². The molecule has 1 saturated heterocycles. The Balaban J connectivity index is 2.28. The van der Waals surface area contributed by atoms with Crippen LogP contribution in [0.25, 0.3) is 0 Å². The van der Waals surface area contributed by atoms with E-state index >= 15 is 0 Å². The molecule has 0 spiro atoms. The lowest BCUT2D eigenvalue weighted by Crippen LogP contribution is -2.36. The predicted octanol–water partition coefficient (Wildman–Crippen LogP) is 1.30. The molecule has 4 nitrogen and oxygen atoms in total. The molecule has 18 heavy (non-hydrogen) atoms. The van der Waals surface area contributed by atoms with E-state index in [-0.39, 0.29) is 17.5 Å². The third-order valence-corrected chi connectivity index (χ3v) is 6.23. The normalized spacial score (nSPS) is 20.5. The molecular formula is C12H17NO3S2. The van der Waals surface area contributed by atoms with E-state index in [4.69, 9.17) is 5.11 Å². The van der Waals surface area contributed by atoms with Crippen molar-refractivity contribution in [3.8, 4) is 0 Å². The number of nitrogens with zero attached hydrogens (tertiary/aromatic N) is 1. The molecule has 0 aromatic heterocycles. The maximum absolute atomic E-state index is 12.4. The number of thioether (sulfide) groups is 1. The average molecular weight is 287 g/mol. The van der Waals surface area contributed by atoms with Gasteiger partial charge in [-0.15, -0.1) is 0 Å². The molecule has 1 unspecified atom stereocenters. The summed E-state index contributed by atoms with van der Waals surface area (Å²) in [6.07, 6.45) is 0.903. The molecule has 0 radical (unpaired) electrons. The van der Waals surface area contributed by atoms with Crippen LogP contribution in [-0.2, 0) is 16.6 Å². The van der Waals surface area contributed by atoms with E-state index in [1.54, 1.807) is 37.0 Å². The standard InChI is InChI=1S/C12H17NO3S2/c1-13(11-5-6-17-9-11)18(15,16)12-4-2-3-10(7-12)8-14/h2-4,7,11,14H,5-6,8-9H2,1H3. The van der Waals surface area contributed by atoms with Crippen LogP contribution in [-0.4, -0.2) is 42.4 Å². The van der Waals surface area contributed by atoms with E-state index in [0.29, 0.717) is 5.56 Å². The number of hydrogen-bond acceptors (Lipinski definition) is 4. The van der Waals surface area contributed by atoms with Crippen LogP contribution in [0.2, 0.25) is 0 Å². The molecule has 1 aromatic rings. The van der Waals surface area contributed by atoms with Gasteiger partial charge in [-0.2, -0.15) is 16.1 Å². The van der Waals surface area contributed by atoms with E-state index in [1.807, 2.05) is 0 Å². The second-order valence-electron chi connectivity index (χ2n) is 4.34. The Bertz CT molecular complexity index is 510. The summed E-state index contributed by atoms with van der Waals surface area (Å²) in [7, 11) is -1.81. The van der Waals surface area contributed by atoms with Crippen molar-refractivity contribution in [3.05, 3.63) is 29.8 Å². The molecule has 100 valence electrons. The smallest absolute Gasteiger partial charge is 0.243 e. The van der Waals surface area contributed by atoms with E-state index < -0.39 is 10.0 Å². The van der Waals surface area contributed by atoms with Crippen molar-refractivity contribution < 1.29 is 13.5 Å². The summed E-state index contributed by atoms with van der Waals surface area (Å²) in [6.45, 7) is -0.146. The van der Waals surface area contributed by atoms with Crippen LogP contribution in [0.4, 0.5) is 0 Å². The predicted molar refractivity (Wildman–Crippen MR) is 73.0 cm³/mol. The molecular weight excluding hydrogens is 270 g/mol. The van der Waals surface area contributed by atoms with Gasteiger partial charge in [0.1, 0.15) is 0 Å². The lowest BCUT2D eigenvalue weighted by atomic mass is 10.2. The Morgan fingerprint density at radius 2 is 2.28 bits per heavy atom. The molecule has 1 aliphatic heterocycles. The zero-order chi connectivity index (χ0) is 13.2. The minimum absolute atomic E-state index is 0.0813. The van der Waals surface area contributed by atoms with Crippen molar-refractivity contribution in [1.82, 2.24) is 4.31 Å². The Morgan fingerprint density at radius 3 is 2.89 bits per heavy atom. The molecule has 2 rings (SSSR count). The number of hydrogen-bond donors (Lipinski definition) is 1. The fourth-order valence-corrected chi connectivity index (χ4v) is 4.79. The maximum atomic E-state index is 12.4. The van der Waals surface area contributed by atoms with E-state index in [1.165, 1.54) is 10.4 Å². The summed E-state index contributed by atoms with van der Waals surface area (Å²) >= 11 is 1.78. The van der Waals surface area contributed by atoms with Crippen molar-refractivity contribution in [2.75, 3.05) is 18.6 Å². The summed E-state index contributed by atoms with van der Waals surface area (Å²) < 4.78 is 26.3. The molecule has 0 bridgehead atoms. The Hall–Kier alpha value is -0.560. The molecule has 0 amide bonds. The van der Waals surface area contributed by atoms with E-state index in [2.05, 4.69) is 0 Å². The fourth-order valence-electron chi connectivity index (χ4n) is 1.98. The lowest BCUT2D eigenvalue weighted by molar-refractivity contribution is 0.281. The third-order valence-electron chi connectivity index (χ3n) is 3.18. The van der Waals surface area contributed by atoms with Crippen molar-refractivity contribution in [2.45, 2.75) is 24.0 Å². The summed E-state index contributed by atoms with van der Waals surface area (Å²) in [6, 6.07) is 6.57. The van der Waals surface area contributed by atoms with Crippen LogP contribution in [0.1, 0.15) is 12.0 Å². The summed E-state index contributed by atoms with van der Waals surface area (Å²) in [5.74, 6) is 1.87. The van der Waals surface area contributed by atoms with Crippen LogP contribution in [0.5, 0.6) is 0 Å². The topological polar surface area (TPSA) is 57.6 Å². The zero-order valence-corrected chi connectivity index (χ0v) is 11.9. The highest BCUT2D eigenvalue weighted by Gasteiger charge is 2.30. The van der Waals surface area contributed by atoms with Crippen molar-refractivity contribution in [1.29, 1.82) is 0 Å². The Kier molecular flexibility index (Phi) is 4.32. The minimum atomic E-state index is -3.45. The first-order valence-electron chi connectivity index (χ1n) is 5.81. The van der Waals surface area contributed by atoms with Crippen LogP contribution < -0.4 is 0 Å². The number of sulfonamides is 1. The maximum Gasteiger partial charge on any atom is 0.243 e. The number of aliphatic hydroxyl groups is 1. The van der Waals surface area contributed by atoms with Crippen molar-refractivity contribution >= 4 is 21.8 Å². The first-order valence-corrected chi connectivity index (χ1v) is 8.41. The molecule has 0 aliphatic carbocycles. The molecule has 1 heterocycles. The van der Waals surface area contributed by atoms with Crippen LogP contribution >= 0.6 is 11.8 Å². The molecule has 6 heteroatoms. The molecule has 0 saturated carbocycles. The van der Waals surface area contributed by atoms with Gasteiger partial charge in [-0.3, -0.25) is 0 Å². The average Bonchev–Trinajstić information content (AvgIpc) is 2.91. The monoisotopic (exact) mass is 287 g/mol. The Morgan fingerprint density at radius 1 is 1.50 bits per heavy atom. The highest BCUT2D eigenvalue weighted by atomic mass is 32.2. The Labute approximate surface area is 112 Å².